The summed E-state index contributed by atoms with van der Waals surface area (Å²) in [5.41, 5.74) is 0. The van der Waals surface area contributed by atoms with Gasteiger partial charge in [-0.15, -0.1) is 10.2 Å². The molecule has 3 rings (SSSR count). The Kier molecular flexibility index (Phi) is 5.23. The summed E-state index contributed by atoms with van der Waals surface area (Å²) in [6.07, 6.45) is 4.87. The van der Waals surface area contributed by atoms with Gasteiger partial charge in [-0.1, -0.05) is 0 Å². The van der Waals surface area contributed by atoms with Crippen LogP contribution in [-0.2, 0) is 13.0 Å². The van der Waals surface area contributed by atoms with Crippen molar-refractivity contribution in [2.75, 3.05) is 25.9 Å². The molecule has 2 N–H and O–H groups in total. The summed E-state index contributed by atoms with van der Waals surface area (Å²) >= 11 is 2.07. The standard InChI is InChI=1S/C15H26N6S/c1-11-19-20-14-6-5-12(10-21(11)14)8-17-15(16-2)18-9-13-4-3-7-22-13/h12-13H,3-10H2,1-2H3,(H2,16,17,18). The van der Waals surface area contributed by atoms with E-state index in [9.17, 15) is 0 Å². The van der Waals surface area contributed by atoms with E-state index in [0.29, 0.717) is 5.92 Å². The second-order valence-corrected chi connectivity index (χ2v) is 7.56. The highest BCUT2D eigenvalue weighted by atomic mass is 32.2. The SMILES string of the molecule is CN=C(NCC1CCc2nnc(C)n2C1)NCC1CCCS1. The average molecular weight is 322 g/mol. The smallest absolute Gasteiger partial charge is 0.191 e. The Morgan fingerprint density at radius 3 is 2.95 bits per heavy atom. The van der Waals surface area contributed by atoms with Crippen LogP contribution in [0.1, 0.15) is 30.9 Å². The maximum atomic E-state index is 4.34. The van der Waals surface area contributed by atoms with E-state index in [-0.39, 0.29) is 0 Å². The number of guanidine groups is 1. The van der Waals surface area contributed by atoms with Crippen LogP contribution in [0.25, 0.3) is 0 Å². The van der Waals surface area contributed by atoms with Crippen LogP contribution < -0.4 is 10.6 Å². The van der Waals surface area contributed by atoms with Gasteiger partial charge in [-0.2, -0.15) is 11.8 Å². The Labute approximate surface area is 136 Å². The summed E-state index contributed by atoms with van der Waals surface area (Å²) in [6, 6.07) is 0. The quantitative estimate of drug-likeness (QED) is 0.644. The van der Waals surface area contributed by atoms with Crippen LogP contribution in [0.5, 0.6) is 0 Å². The fourth-order valence-electron chi connectivity index (χ4n) is 3.17. The minimum Gasteiger partial charge on any atom is -0.356 e. The van der Waals surface area contributed by atoms with Gasteiger partial charge in [0.25, 0.3) is 0 Å². The molecule has 0 saturated carbocycles. The number of thioether (sulfide) groups is 1. The van der Waals surface area contributed by atoms with E-state index in [2.05, 4.69) is 42.2 Å². The first-order valence-corrected chi connectivity index (χ1v) is 9.26. The lowest BCUT2D eigenvalue weighted by Gasteiger charge is -2.25. The van der Waals surface area contributed by atoms with Crippen LogP contribution in [0.4, 0.5) is 0 Å². The van der Waals surface area contributed by atoms with Crippen molar-refractivity contribution < 1.29 is 0 Å². The number of nitrogens with zero attached hydrogens (tertiary/aromatic N) is 4. The van der Waals surface area contributed by atoms with Gasteiger partial charge in [-0.05, 0) is 37.9 Å². The molecule has 2 aliphatic rings. The molecule has 122 valence electrons. The van der Waals surface area contributed by atoms with Gasteiger partial charge in [0, 0.05) is 38.4 Å². The number of rotatable bonds is 4. The Bertz CT molecular complexity index is 520. The molecular weight excluding hydrogens is 296 g/mol. The van der Waals surface area contributed by atoms with Gasteiger partial charge in [-0.3, -0.25) is 4.99 Å². The van der Waals surface area contributed by atoms with Crippen molar-refractivity contribution in [3.63, 3.8) is 0 Å². The summed E-state index contributed by atoms with van der Waals surface area (Å²) in [4.78, 5) is 4.34. The zero-order valence-electron chi connectivity index (χ0n) is 13.5. The number of fused-ring (bicyclic) bond motifs is 1. The fourth-order valence-corrected chi connectivity index (χ4v) is 4.38. The predicted molar refractivity (Wildman–Crippen MR) is 91.4 cm³/mol. The summed E-state index contributed by atoms with van der Waals surface area (Å²) < 4.78 is 2.25. The lowest BCUT2D eigenvalue weighted by atomic mass is 9.99. The van der Waals surface area contributed by atoms with Gasteiger partial charge in [0.15, 0.2) is 5.96 Å². The minimum atomic E-state index is 0.613. The molecule has 2 atom stereocenters. The van der Waals surface area contributed by atoms with E-state index in [1.165, 1.54) is 25.0 Å². The molecule has 3 heterocycles. The molecule has 0 radical (unpaired) electrons. The molecule has 1 aromatic rings. The zero-order chi connectivity index (χ0) is 15.4. The van der Waals surface area contributed by atoms with Gasteiger partial charge in [-0.25, -0.2) is 0 Å². The summed E-state index contributed by atoms with van der Waals surface area (Å²) in [7, 11) is 1.85. The third-order valence-corrected chi connectivity index (χ3v) is 5.93. The van der Waals surface area contributed by atoms with Crippen molar-refractivity contribution in [3.05, 3.63) is 11.6 Å². The van der Waals surface area contributed by atoms with Crippen LogP contribution >= 0.6 is 11.8 Å². The van der Waals surface area contributed by atoms with E-state index in [4.69, 9.17) is 0 Å². The second-order valence-electron chi connectivity index (χ2n) is 6.15. The van der Waals surface area contributed by atoms with E-state index < -0.39 is 0 Å². The van der Waals surface area contributed by atoms with E-state index in [1.54, 1.807) is 0 Å². The van der Waals surface area contributed by atoms with E-state index >= 15 is 0 Å². The molecule has 22 heavy (non-hydrogen) atoms. The fraction of sp³-hybridized carbons (Fsp3) is 0.800. The van der Waals surface area contributed by atoms with Crippen LogP contribution in [0, 0.1) is 12.8 Å². The third-order valence-electron chi connectivity index (χ3n) is 4.53. The predicted octanol–water partition coefficient (Wildman–Crippen LogP) is 1.21. The molecule has 0 bridgehead atoms. The van der Waals surface area contributed by atoms with Crippen LogP contribution in [0.2, 0.25) is 0 Å². The minimum absolute atomic E-state index is 0.613. The molecule has 0 amide bonds. The molecule has 0 aliphatic carbocycles. The Morgan fingerprint density at radius 2 is 2.18 bits per heavy atom. The largest absolute Gasteiger partial charge is 0.356 e. The maximum Gasteiger partial charge on any atom is 0.191 e. The van der Waals surface area contributed by atoms with Gasteiger partial charge in [0.1, 0.15) is 11.6 Å². The molecule has 2 aliphatic heterocycles. The Balaban J connectivity index is 1.44. The second kappa shape index (κ2) is 7.35. The molecule has 1 aromatic heterocycles. The monoisotopic (exact) mass is 322 g/mol. The molecule has 1 fully saturated rings. The van der Waals surface area contributed by atoms with Crippen LogP contribution in [0.15, 0.2) is 4.99 Å². The van der Waals surface area contributed by atoms with Crippen molar-refractivity contribution in [1.29, 1.82) is 0 Å². The van der Waals surface area contributed by atoms with Crippen molar-refractivity contribution in [3.8, 4) is 0 Å². The van der Waals surface area contributed by atoms with Gasteiger partial charge in [0.05, 0.1) is 0 Å². The molecule has 0 aromatic carbocycles. The highest BCUT2D eigenvalue weighted by Gasteiger charge is 2.22. The highest BCUT2D eigenvalue weighted by molar-refractivity contribution is 8.00. The van der Waals surface area contributed by atoms with E-state index in [0.717, 1.165) is 48.9 Å². The van der Waals surface area contributed by atoms with Crippen molar-refractivity contribution in [1.82, 2.24) is 25.4 Å². The average Bonchev–Trinajstić information content (AvgIpc) is 3.18. The number of aryl methyl sites for hydroxylation is 2. The third kappa shape index (κ3) is 3.74. The number of aliphatic imine (C=N–C) groups is 1. The van der Waals surface area contributed by atoms with Gasteiger partial charge in [0.2, 0.25) is 0 Å². The molecule has 6 nitrogen and oxygen atoms in total. The number of hydrogen-bond acceptors (Lipinski definition) is 4. The lowest BCUT2D eigenvalue weighted by Crippen LogP contribution is -2.43. The number of hydrogen-bond donors (Lipinski definition) is 2. The lowest BCUT2D eigenvalue weighted by molar-refractivity contribution is 0.358. The topological polar surface area (TPSA) is 67.1 Å². The summed E-state index contributed by atoms with van der Waals surface area (Å²) in [5.74, 6) is 5.01. The Hall–Kier alpha value is -1.24. The van der Waals surface area contributed by atoms with Gasteiger partial charge < -0.3 is 15.2 Å². The van der Waals surface area contributed by atoms with Crippen LogP contribution in [-0.4, -0.2) is 51.9 Å². The molecule has 1 saturated heterocycles. The van der Waals surface area contributed by atoms with Crippen molar-refractivity contribution >= 4 is 17.7 Å². The first-order chi connectivity index (χ1) is 10.8. The molecule has 2 unspecified atom stereocenters. The summed E-state index contributed by atoms with van der Waals surface area (Å²) in [5, 5.41) is 16.1. The highest BCUT2D eigenvalue weighted by Crippen LogP contribution is 2.25. The maximum absolute atomic E-state index is 4.34. The number of nitrogens with one attached hydrogen (secondary N) is 2. The van der Waals surface area contributed by atoms with Crippen molar-refractivity contribution in [2.24, 2.45) is 10.9 Å². The first kappa shape index (κ1) is 15.6. The van der Waals surface area contributed by atoms with Crippen LogP contribution in [0.3, 0.4) is 0 Å². The van der Waals surface area contributed by atoms with Gasteiger partial charge >= 0.3 is 0 Å². The van der Waals surface area contributed by atoms with E-state index in [1.807, 2.05) is 14.0 Å². The summed E-state index contributed by atoms with van der Waals surface area (Å²) in [6.45, 7) is 5.01. The first-order valence-electron chi connectivity index (χ1n) is 8.21. The molecule has 0 spiro atoms. The normalized spacial score (nSPS) is 25.1. The van der Waals surface area contributed by atoms with Crippen molar-refractivity contribution in [2.45, 2.75) is 44.4 Å². The number of aromatic nitrogens is 3. The zero-order valence-corrected chi connectivity index (χ0v) is 14.3. The Morgan fingerprint density at radius 1 is 1.32 bits per heavy atom. The molecular formula is C15H26N6S. The molecule has 7 heteroatoms.